The minimum atomic E-state index is -1.23. The first-order chi connectivity index (χ1) is 16.2. The molecule has 2 atom stereocenters. The van der Waals surface area contributed by atoms with Crippen LogP contribution in [0.15, 0.2) is 54.6 Å². The number of ether oxygens (including phenoxy) is 2. The molecule has 0 aliphatic rings. The highest BCUT2D eigenvalue weighted by atomic mass is 79.9. The number of carbonyl (C=O) groups excluding carboxylic acids is 4. The van der Waals surface area contributed by atoms with Gasteiger partial charge in [0.15, 0.2) is 0 Å². The van der Waals surface area contributed by atoms with Crippen molar-refractivity contribution in [2.45, 2.75) is 24.9 Å². The van der Waals surface area contributed by atoms with E-state index in [0.717, 1.165) is 12.7 Å². The third-order valence-electron chi connectivity index (χ3n) is 4.55. The fraction of sp³-hybridized carbons (Fsp3) is 0.273. The first-order valence-electron chi connectivity index (χ1n) is 10.1. The van der Waals surface area contributed by atoms with Crippen molar-refractivity contribution in [2.24, 2.45) is 5.73 Å². The van der Waals surface area contributed by atoms with Crippen LogP contribution in [0.25, 0.3) is 0 Å². The van der Waals surface area contributed by atoms with Crippen LogP contribution in [-0.2, 0) is 30.3 Å². The Morgan fingerprint density at radius 2 is 1.63 bits per heavy atom. The molecule has 4 N–H and O–H groups in total. The number of rotatable bonds is 11. The van der Waals surface area contributed by atoms with E-state index >= 15 is 0 Å². The normalized spacial score (nSPS) is 11.7. The first kappa shape index (κ1) is 29.2. The van der Waals surface area contributed by atoms with Gasteiger partial charge in [-0.1, -0.05) is 30.3 Å². The molecule has 0 bridgehead atoms. The maximum atomic E-state index is 12.7. The van der Waals surface area contributed by atoms with Gasteiger partial charge in [-0.3, -0.25) is 24.5 Å². The van der Waals surface area contributed by atoms with Crippen LogP contribution in [0, 0.1) is 10.1 Å². The van der Waals surface area contributed by atoms with E-state index in [9.17, 15) is 29.3 Å². The van der Waals surface area contributed by atoms with Gasteiger partial charge in [-0.25, -0.2) is 4.79 Å². The number of hydrogen-bond acceptors (Lipinski definition) is 9. The minimum Gasteiger partial charge on any atom is -0.469 e. The molecule has 12 nitrogen and oxygen atoms in total. The van der Waals surface area contributed by atoms with Crippen LogP contribution in [0.4, 0.5) is 5.69 Å². The lowest BCUT2D eigenvalue weighted by atomic mass is 10.0. The number of carbonyl (C=O) groups is 4. The monoisotopic (exact) mass is 552 g/mol. The summed E-state index contributed by atoms with van der Waals surface area (Å²) in [6.45, 7) is -0.523. The fourth-order valence-corrected chi connectivity index (χ4v) is 2.78. The first-order valence-corrected chi connectivity index (χ1v) is 10.1. The van der Waals surface area contributed by atoms with Crippen LogP contribution in [-0.4, -0.2) is 54.4 Å². The smallest absolute Gasteiger partial charge is 0.330 e. The van der Waals surface area contributed by atoms with Gasteiger partial charge in [0.05, 0.1) is 24.5 Å². The minimum absolute atomic E-state index is 0. The van der Waals surface area contributed by atoms with Gasteiger partial charge in [-0.15, -0.1) is 17.0 Å². The Kier molecular flexibility index (Phi) is 12.0. The molecular weight excluding hydrogens is 528 g/mol. The molecule has 0 heterocycles. The van der Waals surface area contributed by atoms with Crippen LogP contribution in [0.3, 0.4) is 0 Å². The van der Waals surface area contributed by atoms with E-state index in [-0.39, 0.29) is 41.3 Å². The quantitative estimate of drug-likeness (QED) is 0.157. The Labute approximate surface area is 211 Å². The largest absolute Gasteiger partial charge is 0.469 e. The summed E-state index contributed by atoms with van der Waals surface area (Å²) in [5.41, 5.74) is 6.28. The summed E-state index contributed by atoms with van der Waals surface area (Å²) in [5, 5.41) is 15.5. The third kappa shape index (κ3) is 9.90. The number of nitro benzene ring substituents is 1. The van der Waals surface area contributed by atoms with Gasteiger partial charge in [-0.2, -0.15) is 0 Å². The van der Waals surface area contributed by atoms with E-state index in [2.05, 4.69) is 15.4 Å². The number of methoxy groups -OCH3 is 1. The average molecular weight is 553 g/mol. The van der Waals surface area contributed by atoms with Gasteiger partial charge >= 0.3 is 11.9 Å². The van der Waals surface area contributed by atoms with E-state index in [0.29, 0.717) is 0 Å². The zero-order valence-electron chi connectivity index (χ0n) is 18.7. The molecule has 0 fully saturated rings. The second-order valence-electron chi connectivity index (χ2n) is 7.08. The predicted molar refractivity (Wildman–Crippen MR) is 129 cm³/mol. The molecule has 0 saturated carbocycles. The second-order valence-corrected chi connectivity index (χ2v) is 7.08. The van der Waals surface area contributed by atoms with Crippen LogP contribution in [0.5, 0.6) is 5.75 Å². The fourth-order valence-electron chi connectivity index (χ4n) is 2.78. The number of hydrogen-bond donors (Lipinski definition) is 3. The number of benzene rings is 2. The zero-order valence-corrected chi connectivity index (χ0v) is 20.4. The number of esters is 2. The lowest BCUT2D eigenvalue weighted by Crippen LogP contribution is -2.53. The number of nitrogens with one attached hydrogen (secondary N) is 2. The van der Waals surface area contributed by atoms with E-state index in [1.54, 1.807) is 30.3 Å². The van der Waals surface area contributed by atoms with E-state index in [4.69, 9.17) is 10.5 Å². The Bertz CT molecular complexity index is 1030. The van der Waals surface area contributed by atoms with Crippen molar-refractivity contribution in [2.75, 3.05) is 13.7 Å². The number of amides is 2. The van der Waals surface area contributed by atoms with E-state index in [1.165, 1.54) is 24.3 Å². The number of halogens is 1. The molecule has 0 radical (unpaired) electrons. The number of nitro groups is 1. The lowest BCUT2D eigenvalue weighted by Gasteiger charge is -2.20. The summed E-state index contributed by atoms with van der Waals surface area (Å²) >= 11 is 0. The molecule has 0 saturated heterocycles. The molecule has 2 unspecified atom stereocenters. The highest BCUT2D eigenvalue weighted by Crippen LogP contribution is 2.17. The Hall–Kier alpha value is -3.84. The highest BCUT2D eigenvalue weighted by molar-refractivity contribution is 8.93. The molecule has 2 amide bonds. The SMILES string of the molecule is Br.COC(=O)CC(N)C(=O)NC(Cc1ccccc1)C(=O)NCC(=O)Oc1ccc([N+](=O)[O-])cc1. The summed E-state index contributed by atoms with van der Waals surface area (Å²) in [7, 11) is 1.16. The average Bonchev–Trinajstić information content (AvgIpc) is 2.82. The summed E-state index contributed by atoms with van der Waals surface area (Å²) < 4.78 is 9.53. The summed E-state index contributed by atoms with van der Waals surface area (Å²) in [4.78, 5) is 58.6. The molecule has 0 aliphatic heterocycles. The summed E-state index contributed by atoms with van der Waals surface area (Å²) in [6, 6.07) is 11.3. The molecule has 2 rings (SSSR count). The van der Waals surface area contributed by atoms with Crippen molar-refractivity contribution in [3.63, 3.8) is 0 Å². The molecule has 2 aromatic rings. The predicted octanol–water partition coefficient (Wildman–Crippen LogP) is 0.812. The van der Waals surface area contributed by atoms with E-state index in [1.807, 2.05) is 0 Å². The van der Waals surface area contributed by atoms with Crippen LogP contribution < -0.4 is 21.1 Å². The van der Waals surface area contributed by atoms with Gasteiger partial charge in [0.2, 0.25) is 11.8 Å². The Morgan fingerprint density at radius 1 is 1.00 bits per heavy atom. The van der Waals surface area contributed by atoms with Gasteiger partial charge in [0.25, 0.3) is 5.69 Å². The van der Waals surface area contributed by atoms with Gasteiger partial charge in [0.1, 0.15) is 18.3 Å². The third-order valence-corrected chi connectivity index (χ3v) is 4.55. The maximum absolute atomic E-state index is 12.7. The molecule has 35 heavy (non-hydrogen) atoms. The molecule has 13 heteroatoms. The maximum Gasteiger partial charge on any atom is 0.330 e. The van der Waals surface area contributed by atoms with Crippen molar-refractivity contribution in [3.05, 3.63) is 70.3 Å². The molecular formula is C22H25BrN4O8. The van der Waals surface area contributed by atoms with Crippen molar-refractivity contribution in [1.82, 2.24) is 10.6 Å². The van der Waals surface area contributed by atoms with Crippen molar-refractivity contribution in [1.29, 1.82) is 0 Å². The molecule has 188 valence electrons. The van der Waals surface area contributed by atoms with E-state index < -0.39 is 47.3 Å². The number of nitrogens with zero attached hydrogens (tertiary/aromatic N) is 1. The van der Waals surface area contributed by atoms with Gasteiger partial charge in [0, 0.05) is 18.6 Å². The standard InChI is InChI=1S/C22H24N4O8.BrH/c1-33-19(27)12-17(23)21(29)25-18(11-14-5-3-2-4-6-14)22(30)24-13-20(28)34-16-9-7-15(8-10-16)26(31)32;/h2-10,17-18H,11-13,23H2,1H3,(H,24,30)(H,25,29);1H. The Balaban J connectivity index is 0.00000612. The highest BCUT2D eigenvalue weighted by Gasteiger charge is 2.26. The van der Waals surface area contributed by atoms with Crippen LogP contribution in [0.2, 0.25) is 0 Å². The second kappa shape index (κ2) is 14.4. The Morgan fingerprint density at radius 3 is 2.20 bits per heavy atom. The summed E-state index contributed by atoms with van der Waals surface area (Å²) in [6.07, 6.45) is -0.273. The molecule has 0 spiro atoms. The van der Waals surface area contributed by atoms with Crippen molar-refractivity contribution < 1.29 is 33.6 Å². The number of nitrogens with two attached hydrogens (primary N) is 1. The van der Waals surface area contributed by atoms with Gasteiger partial charge in [-0.05, 0) is 17.7 Å². The summed E-state index contributed by atoms with van der Waals surface area (Å²) in [5.74, 6) is -2.86. The number of non-ortho nitro benzene ring substituents is 1. The van der Waals surface area contributed by atoms with Crippen LogP contribution >= 0.6 is 17.0 Å². The van der Waals surface area contributed by atoms with Crippen molar-refractivity contribution >= 4 is 46.4 Å². The van der Waals surface area contributed by atoms with Gasteiger partial charge < -0.3 is 25.8 Å². The topological polar surface area (TPSA) is 180 Å². The van der Waals surface area contributed by atoms with Crippen molar-refractivity contribution in [3.8, 4) is 5.75 Å². The lowest BCUT2D eigenvalue weighted by molar-refractivity contribution is -0.384. The molecule has 0 aromatic heterocycles. The van der Waals surface area contributed by atoms with Crippen LogP contribution in [0.1, 0.15) is 12.0 Å². The molecule has 0 aliphatic carbocycles. The molecule has 2 aromatic carbocycles. The zero-order chi connectivity index (χ0) is 25.1.